The summed E-state index contributed by atoms with van der Waals surface area (Å²) in [6.07, 6.45) is 3.11. The Morgan fingerprint density at radius 2 is 1.83 bits per heavy atom. The van der Waals surface area contributed by atoms with E-state index in [-0.39, 0.29) is 24.5 Å². The molecule has 2 heterocycles. The van der Waals surface area contributed by atoms with E-state index in [1.807, 2.05) is 19.9 Å². The van der Waals surface area contributed by atoms with E-state index in [0.29, 0.717) is 0 Å². The third-order valence-corrected chi connectivity index (χ3v) is 6.43. The summed E-state index contributed by atoms with van der Waals surface area (Å²) in [7, 11) is 1.42. The first-order valence-corrected chi connectivity index (χ1v) is 13.1. The smallest absolute Gasteiger partial charge is 0.508 e. The van der Waals surface area contributed by atoms with Gasteiger partial charge in [-0.15, -0.1) is 0 Å². The van der Waals surface area contributed by atoms with Gasteiger partial charge in [0.25, 0.3) is 11.9 Å². The molecule has 3 rings (SSSR count). The van der Waals surface area contributed by atoms with Gasteiger partial charge in [-0.05, 0) is 17.9 Å². The number of hydrogen-bond donors (Lipinski definition) is 3. The molecule has 1 aliphatic rings. The molecular formula is C27H34BN5O8. The van der Waals surface area contributed by atoms with Crippen molar-refractivity contribution in [1.82, 2.24) is 25.5 Å². The van der Waals surface area contributed by atoms with E-state index in [1.165, 1.54) is 37.6 Å². The molecule has 41 heavy (non-hydrogen) atoms. The number of carbonyl (C=O) groups excluding carboxylic acids is 4. The summed E-state index contributed by atoms with van der Waals surface area (Å²) < 4.78 is 11.2. The summed E-state index contributed by atoms with van der Waals surface area (Å²) in [6, 6.07) is 7.93. The van der Waals surface area contributed by atoms with Gasteiger partial charge in [0.05, 0.1) is 25.0 Å². The minimum Gasteiger partial charge on any atom is -0.508 e. The maximum absolute atomic E-state index is 13.7. The SMILES string of the molecule is CC(C)C[C@H](NC(=O)[C@H](Cc1ccccc1)NC(=O)c1cnccn1)B1OC(=O)C[C@](CC(=O)N(C)C)(C(=O)O)O1. The lowest BCUT2D eigenvalue weighted by Gasteiger charge is -2.38. The Bertz CT molecular complexity index is 1250. The summed E-state index contributed by atoms with van der Waals surface area (Å²) in [5, 5.41) is 15.5. The van der Waals surface area contributed by atoms with Crippen molar-refractivity contribution in [2.24, 2.45) is 5.92 Å². The van der Waals surface area contributed by atoms with Crippen molar-refractivity contribution in [1.29, 1.82) is 0 Å². The minimum atomic E-state index is -2.18. The maximum atomic E-state index is 13.7. The predicted octanol–water partition coefficient (Wildman–Crippen LogP) is 0.641. The number of aromatic nitrogens is 2. The van der Waals surface area contributed by atoms with Crippen molar-refractivity contribution in [3.8, 4) is 0 Å². The highest BCUT2D eigenvalue weighted by Crippen LogP contribution is 2.30. The third kappa shape index (κ3) is 8.58. The van der Waals surface area contributed by atoms with Crippen LogP contribution in [0.5, 0.6) is 0 Å². The Labute approximate surface area is 238 Å². The Hall–Kier alpha value is -4.33. The molecule has 13 nitrogen and oxygen atoms in total. The highest BCUT2D eigenvalue weighted by atomic mass is 16.6. The van der Waals surface area contributed by atoms with Gasteiger partial charge in [-0.2, -0.15) is 0 Å². The van der Waals surface area contributed by atoms with Gasteiger partial charge in [0.2, 0.25) is 11.8 Å². The molecule has 1 aliphatic heterocycles. The van der Waals surface area contributed by atoms with E-state index in [9.17, 15) is 29.1 Å². The fraction of sp³-hybridized carbons (Fsp3) is 0.444. The number of amides is 3. The van der Waals surface area contributed by atoms with Gasteiger partial charge in [-0.1, -0.05) is 44.2 Å². The second kappa shape index (κ2) is 13.8. The number of carboxylic acids is 1. The van der Waals surface area contributed by atoms with Crippen LogP contribution in [0, 0.1) is 5.92 Å². The van der Waals surface area contributed by atoms with Crippen molar-refractivity contribution in [2.45, 2.75) is 57.1 Å². The number of hydrogen-bond acceptors (Lipinski definition) is 9. The van der Waals surface area contributed by atoms with Gasteiger partial charge >= 0.3 is 13.1 Å². The maximum Gasteiger partial charge on any atom is 0.552 e. The van der Waals surface area contributed by atoms with E-state index >= 15 is 0 Å². The second-order valence-electron chi connectivity index (χ2n) is 10.5. The standard InChI is InChI=1S/C27H34BN5O8/c1-17(2)12-21(28-40-23(35)15-27(41-28,26(38)39)14-22(34)33(3)4)32-24(36)19(13-18-8-6-5-7-9-18)31-25(37)20-16-29-10-11-30-20/h5-11,16-17,19,21H,12-15H2,1-4H3,(H,31,37)(H,32,36)(H,38,39)/t19-,21-,27+/m0/s1. The second-order valence-corrected chi connectivity index (χ2v) is 10.5. The first-order chi connectivity index (χ1) is 19.4. The van der Waals surface area contributed by atoms with Crippen LogP contribution < -0.4 is 10.6 Å². The summed E-state index contributed by atoms with van der Waals surface area (Å²) >= 11 is 0. The molecule has 1 fully saturated rings. The average Bonchev–Trinajstić information content (AvgIpc) is 2.92. The highest BCUT2D eigenvalue weighted by molar-refractivity contribution is 6.50. The normalized spacial score (nSPS) is 18.2. The molecule has 0 radical (unpaired) electrons. The molecule has 3 atom stereocenters. The fourth-order valence-corrected chi connectivity index (χ4v) is 4.30. The number of aliphatic carboxylic acids is 1. The van der Waals surface area contributed by atoms with Gasteiger partial charge in [-0.25, -0.2) is 9.78 Å². The molecule has 0 bridgehead atoms. The third-order valence-electron chi connectivity index (χ3n) is 6.43. The molecule has 1 aromatic heterocycles. The van der Waals surface area contributed by atoms with Crippen LogP contribution in [0.25, 0.3) is 0 Å². The van der Waals surface area contributed by atoms with Crippen LogP contribution in [0.4, 0.5) is 0 Å². The lowest BCUT2D eigenvalue weighted by molar-refractivity contribution is -0.173. The van der Waals surface area contributed by atoms with Crippen molar-refractivity contribution in [2.75, 3.05) is 14.1 Å². The molecule has 0 saturated carbocycles. The number of nitrogens with one attached hydrogen (secondary N) is 2. The molecule has 3 N–H and O–H groups in total. The summed E-state index contributed by atoms with van der Waals surface area (Å²) in [4.78, 5) is 73.0. The first-order valence-electron chi connectivity index (χ1n) is 13.1. The lowest BCUT2D eigenvalue weighted by Crippen LogP contribution is -2.63. The summed E-state index contributed by atoms with van der Waals surface area (Å²) in [5.41, 5.74) is -1.40. The van der Waals surface area contributed by atoms with Crippen LogP contribution in [0.3, 0.4) is 0 Å². The lowest BCUT2D eigenvalue weighted by atomic mass is 9.70. The van der Waals surface area contributed by atoms with E-state index in [2.05, 4.69) is 20.6 Å². The molecule has 0 spiro atoms. The molecule has 1 aromatic carbocycles. The monoisotopic (exact) mass is 567 g/mol. The number of benzene rings is 1. The van der Waals surface area contributed by atoms with Crippen LogP contribution >= 0.6 is 0 Å². The molecule has 0 aliphatic carbocycles. The summed E-state index contributed by atoms with van der Waals surface area (Å²) in [5.74, 6) is -5.22. The van der Waals surface area contributed by atoms with E-state index in [0.717, 1.165) is 5.56 Å². The Kier molecular flexibility index (Phi) is 10.5. The number of rotatable bonds is 12. The zero-order chi connectivity index (χ0) is 30.2. The van der Waals surface area contributed by atoms with Crippen LogP contribution in [-0.2, 0) is 34.9 Å². The fourth-order valence-electron chi connectivity index (χ4n) is 4.30. The van der Waals surface area contributed by atoms with Crippen molar-refractivity contribution >= 4 is 36.8 Å². The number of nitrogens with zero attached hydrogens (tertiary/aromatic N) is 3. The number of carbonyl (C=O) groups is 5. The van der Waals surface area contributed by atoms with Crippen LogP contribution in [0.2, 0.25) is 0 Å². The number of carboxylic acid groups (broad SMARTS) is 1. The Morgan fingerprint density at radius 1 is 1.12 bits per heavy atom. The molecular weight excluding hydrogens is 533 g/mol. The Morgan fingerprint density at radius 3 is 2.41 bits per heavy atom. The molecule has 218 valence electrons. The molecule has 2 aromatic rings. The van der Waals surface area contributed by atoms with E-state index < -0.39 is 67.2 Å². The first kappa shape index (κ1) is 31.2. The largest absolute Gasteiger partial charge is 0.552 e. The molecule has 14 heteroatoms. The average molecular weight is 567 g/mol. The van der Waals surface area contributed by atoms with Crippen LogP contribution in [-0.4, -0.2) is 88.4 Å². The van der Waals surface area contributed by atoms with E-state index in [4.69, 9.17) is 9.31 Å². The van der Waals surface area contributed by atoms with E-state index in [1.54, 1.807) is 24.3 Å². The summed E-state index contributed by atoms with van der Waals surface area (Å²) in [6.45, 7) is 3.72. The minimum absolute atomic E-state index is 0.0124. The quantitative estimate of drug-likeness (QED) is 0.309. The zero-order valence-electron chi connectivity index (χ0n) is 23.4. The van der Waals surface area contributed by atoms with Crippen molar-refractivity contribution in [3.05, 3.63) is 60.2 Å². The molecule has 3 amide bonds. The van der Waals surface area contributed by atoms with Gasteiger partial charge in [-0.3, -0.25) is 24.2 Å². The van der Waals surface area contributed by atoms with Gasteiger partial charge in [0.1, 0.15) is 11.7 Å². The highest BCUT2D eigenvalue weighted by Gasteiger charge is 2.55. The zero-order valence-corrected chi connectivity index (χ0v) is 23.4. The van der Waals surface area contributed by atoms with Gasteiger partial charge in [0.15, 0.2) is 5.60 Å². The Balaban J connectivity index is 1.88. The van der Waals surface area contributed by atoms with Crippen molar-refractivity contribution in [3.63, 3.8) is 0 Å². The topological polar surface area (TPSA) is 177 Å². The van der Waals surface area contributed by atoms with Crippen LogP contribution in [0.15, 0.2) is 48.9 Å². The van der Waals surface area contributed by atoms with Gasteiger partial charge in [0, 0.05) is 32.9 Å². The molecule has 0 unspecified atom stereocenters. The van der Waals surface area contributed by atoms with Crippen molar-refractivity contribution < 1.29 is 38.4 Å². The van der Waals surface area contributed by atoms with Crippen LogP contribution in [0.1, 0.15) is 49.2 Å². The molecule has 1 saturated heterocycles. The predicted molar refractivity (Wildman–Crippen MR) is 146 cm³/mol. The van der Waals surface area contributed by atoms with Gasteiger partial charge < -0.3 is 29.9 Å².